The molecule has 20 heavy (non-hydrogen) atoms. The summed E-state index contributed by atoms with van der Waals surface area (Å²) in [5, 5.41) is 4.96. The zero-order valence-corrected chi connectivity index (χ0v) is 14.3. The summed E-state index contributed by atoms with van der Waals surface area (Å²) in [5.41, 5.74) is 1.03. The number of nitrogens with one attached hydrogen (secondary N) is 1. The van der Waals surface area contributed by atoms with Crippen molar-refractivity contribution in [3.8, 4) is 0 Å². The van der Waals surface area contributed by atoms with Crippen LogP contribution in [0, 0.1) is 0 Å². The van der Waals surface area contributed by atoms with Crippen LogP contribution in [0.5, 0.6) is 0 Å². The number of unbranched alkanes of at least 4 members (excludes halogenated alkanes) is 2. The van der Waals surface area contributed by atoms with E-state index in [-0.39, 0.29) is 0 Å². The van der Waals surface area contributed by atoms with Gasteiger partial charge in [-0.1, -0.05) is 26.7 Å². The molecule has 0 saturated heterocycles. The third-order valence-corrected chi connectivity index (χ3v) is 6.49. The van der Waals surface area contributed by atoms with Crippen molar-refractivity contribution < 1.29 is 8.42 Å². The minimum atomic E-state index is -3.32. The average molecular weight is 319 g/mol. The number of hydrogen-bond acceptors (Lipinski definition) is 4. The molecule has 6 heteroatoms. The van der Waals surface area contributed by atoms with Crippen LogP contribution in [0.15, 0.2) is 15.7 Å². The fraction of sp³-hybridized carbons (Fsp3) is 0.714. The van der Waals surface area contributed by atoms with Crippen LogP contribution in [0.1, 0.15) is 45.1 Å². The molecule has 1 rings (SSSR count). The maximum atomic E-state index is 12.7. The van der Waals surface area contributed by atoms with Crippen molar-refractivity contribution in [2.24, 2.45) is 0 Å². The van der Waals surface area contributed by atoms with E-state index in [0.29, 0.717) is 23.8 Å². The molecule has 0 unspecified atom stereocenters. The molecule has 4 nitrogen and oxygen atoms in total. The fourth-order valence-corrected chi connectivity index (χ4v) is 4.81. The summed E-state index contributed by atoms with van der Waals surface area (Å²) in [6.07, 6.45) is 3.84. The van der Waals surface area contributed by atoms with E-state index >= 15 is 0 Å². The maximum absolute atomic E-state index is 12.7. The predicted octanol–water partition coefficient (Wildman–Crippen LogP) is 3.06. The molecule has 0 bridgehead atoms. The van der Waals surface area contributed by atoms with Crippen molar-refractivity contribution >= 4 is 21.4 Å². The second-order valence-corrected chi connectivity index (χ2v) is 7.99. The highest BCUT2D eigenvalue weighted by atomic mass is 32.2. The van der Waals surface area contributed by atoms with Crippen LogP contribution in [0.4, 0.5) is 0 Å². The minimum Gasteiger partial charge on any atom is -0.316 e. The Morgan fingerprint density at radius 2 is 1.80 bits per heavy atom. The highest BCUT2D eigenvalue weighted by molar-refractivity contribution is 7.91. The van der Waals surface area contributed by atoms with Gasteiger partial charge in [-0.2, -0.15) is 4.31 Å². The number of hydrogen-bond donors (Lipinski definition) is 1. The molecule has 0 atom stereocenters. The SMILES string of the molecule is CCCCN(CCCC)S(=O)(=O)c1cc(CNC)cs1. The fourth-order valence-electron chi connectivity index (χ4n) is 1.93. The summed E-state index contributed by atoms with van der Waals surface area (Å²) in [5.74, 6) is 0. The van der Waals surface area contributed by atoms with Gasteiger partial charge in [0, 0.05) is 19.6 Å². The molecule has 0 fully saturated rings. The molecule has 1 N–H and O–H groups in total. The first-order valence-electron chi connectivity index (χ1n) is 7.28. The Labute approximate surface area is 127 Å². The normalized spacial score (nSPS) is 12.2. The van der Waals surface area contributed by atoms with Crippen molar-refractivity contribution in [2.75, 3.05) is 20.1 Å². The topological polar surface area (TPSA) is 49.4 Å². The zero-order chi connectivity index (χ0) is 15.0. The van der Waals surface area contributed by atoms with E-state index in [4.69, 9.17) is 0 Å². The highest BCUT2D eigenvalue weighted by Crippen LogP contribution is 2.24. The molecule has 1 aromatic heterocycles. The zero-order valence-electron chi connectivity index (χ0n) is 12.7. The van der Waals surface area contributed by atoms with Crippen LogP contribution in [0.2, 0.25) is 0 Å². The molecule has 1 heterocycles. The molecule has 0 radical (unpaired) electrons. The van der Waals surface area contributed by atoms with Crippen molar-refractivity contribution in [3.05, 3.63) is 17.0 Å². The van der Waals surface area contributed by atoms with E-state index in [9.17, 15) is 8.42 Å². The Kier molecular flexibility index (Phi) is 7.72. The van der Waals surface area contributed by atoms with Gasteiger partial charge in [-0.15, -0.1) is 11.3 Å². The van der Waals surface area contributed by atoms with E-state index in [1.165, 1.54) is 11.3 Å². The average Bonchev–Trinajstić information content (AvgIpc) is 2.88. The summed E-state index contributed by atoms with van der Waals surface area (Å²) < 4.78 is 27.5. The molecule has 0 aliphatic heterocycles. The second kappa shape index (κ2) is 8.77. The Hall–Kier alpha value is -0.430. The molecule has 116 valence electrons. The van der Waals surface area contributed by atoms with Crippen LogP contribution in [-0.4, -0.2) is 32.9 Å². The van der Waals surface area contributed by atoms with Gasteiger partial charge in [0.15, 0.2) is 0 Å². The van der Waals surface area contributed by atoms with Crippen LogP contribution in [-0.2, 0) is 16.6 Å². The van der Waals surface area contributed by atoms with Gasteiger partial charge in [-0.05, 0) is 36.9 Å². The van der Waals surface area contributed by atoms with Crippen LogP contribution in [0.25, 0.3) is 0 Å². The van der Waals surface area contributed by atoms with Gasteiger partial charge in [0.2, 0.25) is 0 Å². The summed E-state index contributed by atoms with van der Waals surface area (Å²) in [6, 6.07) is 1.79. The lowest BCUT2D eigenvalue weighted by Crippen LogP contribution is -2.32. The first-order chi connectivity index (χ1) is 9.56. The minimum absolute atomic E-state index is 0.468. The Morgan fingerprint density at radius 1 is 1.20 bits per heavy atom. The van der Waals surface area contributed by atoms with Crippen LogP contribution >= 0.6 is 11.3 Å². The third-order valence-electron chi connectivity index (χ3n) is 3.13. The van der Waals surface area contributed by atoms with E-state index in [0.717, 1.165) is 31.2 Å². The molecular weight excluding hydrogens is 292 g/mol. The van der Waals surface area contributed by atoms with Gasteiger partial charge in [0.25, 0.3) is 10.0 Å². The highest BCUT2D eigenvalue weighted by Gasteiger charge is 2.25. The molecule has 0 saturated carbocycles. The molecule has 0 aromatic carbocycles. The van der Waals surface area contributed by atoms with Crippen molar-refractivity contribution in [1.29, 1.82) is 0 Å². The largest absolute Gasteiger partial charge is 0.316 e. The molecule has 0 amide bonds. The molecule has 0 aliphatic carbocycles. The number of sulfonamides is 1. The van der Waals surface area contributed by atoms with E-state index in [2.05, 4.69) is 19.2 Å². The lowest BCUT2D eigenvalue weighted by molar-refractivity contribution is 0.396. The second-order valence-electron chi connectivity index (χ2n) is 4.92. The molecule has 0 aliphatic rings. The van der Waals surface area contributed by atoms with Gasteiger partial charge in [0.1, 0.15) is 4.21 Å². The quantitative estimate of drug-likeness (QED) is 0.721. The molecular formula is C14H26N2O2S2. The maximum Gasteiger partial charge on any atom is 0.252 e. The summed E-state index contributed by atoms with van der Waals surface area (Å²) in [6.45, 7) is 6.12. The number of thiophene rings is 1. The third kappa shape index (κ3) is 4.84. The summed E-state index contributed by atoms with van der Waals surface area (Å²) >= 11 is 1.32. The van der Waals surface area contributed by atoms with E-state index in [1.807, 2.05) is 12.4 Å². The summed E-state index contributed by atoms with van der Waals surface area (Å²) in [7, 11) is -1.46. The monoisotopic (exact) mass is 318 g/mol. The smallest absolute Gasteiger partial charge is 0.252 e. The van der Waals surface area contributed by atoms with Gasteiger partial charge >= 0.3 is 0 Å². The lowest BCUT2D eigenvalue weighted by Gasteiger charge is -2.20. The van der Waals surface area contributed by atoms with Gasteiger partial charge < -0.3 is 5.32 Å². The van der Waals surface area contributed by atoms with Gasteiger partial charge in [0.05, 0.1) is 0 Å². The van der Waals surface area contributed by atoms with Crippen molar-refractivity contribution in [1.82, 2.24) is 9.62 Å². The standard InChI is InChI=1S/C14H26N2O2S2/c1-4-6-8-16(9-7-5-2)20(17,18)14-10-13(11-15-3)12-19-14/h10,12,15H,4-9,11H2,1-3H3. The van der Waals surface area contributed by atoms with Gasteiger partial charge in [-0.25, -0.2) is 8.42 Å². The van der Waals surface area contributed by atoms with Crippen LogP contribution in [0.3, 0.4) is 0 Å². The first-order valence-corrected chi connectivity index (χ1v) is 9.60. The van der Waals surface area contributed by atoms with Crippen LogP contribution < -0.4 is 5.32 Å². The van der Waals surface area contributed by atoms with Crippen molar-refractivity contribution in [3.63, 3.8) is 0 Å². The predicted molar refractivity (Wildman–Crippen MR) is 85.7 cm³/mol. The molecule has 1 aromatic rings. The number of nitrogens with zero attached hydrogens (tertiary/aromatic N) is 1. The Morgan fingerprint density at radius 3 is 2.30 bits per heavy atom. The van der Waals surface area contributed by atoms with E-state index < -0.39 is 10.0 Å². The lowest BCUT2D eigenvalue weighted by atomic mass is 10.3. The van der Waals surface area contributed by atoms with Crippen molar-refractivity contribution in [2.45, 2.75) is 50.3 Å². The summed E-state index contributed by atoms with van der Waals surface area (Å²) in [4.78, 5) is 0. The Balaban J connectivity index is 2.88. The number of rotatable bonds is 10. The Bertz CT molecular complexity index is 475. The first kappa shape index (κ1) is 17.6. The molecule has 0 spiro atoms. The van der Waals surface area contributed by atoms with Gasteiger partial charge in [-0.3, -0.25) is 0 Å². The van der Waals surface area contributed by atoms with E-state index in [1.54, 1.807) is 10.4 Å².